The first kappa shape index (κ1) is 13.2. The predicted molar refractivity (Wildman–Crippen MR) is 55.4 cm³/mol. The summed E-state index contributed by atoms with van der Waals surface area (Å²) in [6, 6.07) is 0. The maximum Gasteiger partial charge on any atom is 0.209 e. The smallest absolute Gasteiger partial charge is 0.209 e. The third kappa shape index (κ3) is 6.26. The van der Waals surface area contributed by atoms with Crippen LogP contribution >= 0.6 is 12.4 Å². The van der Waals surface area contributed by atoms with Gasteiger partial charge in [0.1, 0.15) is 0 Å². The second kappa shape index (κ2) is 5.80. The number of rotatable bonds is 3. The van der Waals surface area contributed by atoms with Crippen molar-refractivity contribution in [3.8, 4) is 0 Å². The van der Waals surface area contributed by atoms with Gasteiger partial charge in [-0.2, -0.15) is 0 Å². The van der Waals surface area contributed by atoms with Crippen molar-refractivity contribution in [2.45, 2.75) is 19.3 Å². The Labute approximate surface area is 85.7 Å². The summed E-state index contributed by atoms with van der Waals surface area (Å²) in [6.07, 6.45) is 2.98. The molecule has 13 heavy (non-hydrogen) atoms. The average molecular weight is 229 g/mol. The van der Waals surface area contributed by atoms with Crippen LogP contribution in [0.1, 0.15) is 19.3 Å². The highest BCUT2D eigenvalue weighted by Gasteiger charge is 2.14. The van der Waals surface area contributed by atoms with Gasteiger partial charge >= 0.3 is 0 Å². The van der Waals surface area contributed by atoms with Crippen LogP contribution in [0.2, 0.25) is 0 Å². The molecule has 1 fully saturated rings. The second-order valence-corrected chi connectivity index (χ2v) is 5.10. The van der Waals surface area contributed by atoms with E-state index in [1.165, 1.54) is 0 Å². The second-order valence-electron chi connectivity index (χ2n) is 3.37. The number of primary sulfonamides is 1. The molecule has 6 heteroatoms. The van der Waals surface area contributed by atoms with Gasteiger partial charge in [-0.05, 0) is 38.3 Å². The van der Waals surface area contributed by atoms with Crippen LogP contribution in [0.15, 0.2) is 0 Å². The summed E-state index contributed by atoms with van der Waals surface area (Å²) in [5.74, 6) is 0.622. The van der Waals surface area contributed by atoms with Gasteiger partial charge in [-0.1, -0.05) is 0 Å². The van der Waals surface area contributed by atoms with E-state index in [9.17, 15) is 8.42 Å². The van der Waals surface area contributed by atoms with E-state index < -0.39 is 10.0 Å². The molecule has 4 nitrogen and oxygen atoms in total. The third-order valence-corrected chi connectivity index (χ3v) is 3.01. The summed E-state index contributed by atoms with van der Waals surface area (Å²) in [5, 5.41) is 8.14. The van der Waals surface area contributed by atoms with Gasteiger partial charge in [-0.15, -0.1) is 12.4 Å². The lowest BCUT2D eigenvalue weighted by Gasteiger charge is -2.21. The zero-order valence-electron chi connectivity index (χ0n) is 7.53. The summed E-state index contributed by atoms with van der Waals surface area (Å²) in [6.45, 7) is 2.00. The van der Waals surface area contributed by atoms with E-state index in [2.05, 4.69) is 5.32 Å². The SMILES string of the molecule is Cl.NS(=O)(=O)CCC1CCCNC1. The first-order chi connectivity index (χ1) is 5.58. The molecule has 1 saturated heterocycles. The van der Waals surface area contributed by atoms with Crippen molar-refractivity contribution < 1.29 is 8.42 Å². The Bertz CT molecular complexity index is 225. The van der Waals surface area contributed by atoms with Crippen molar-refractivity contribution in [2.24, 2.45) is 11.1 Å². The lowest BCUT2D eigenvalue weighted by molar-refractivity contribution is 0.369. The van der Waals surface area contributed by atoms with E-state index in [0.29, 0.717) is 12.3 Å². The normalized spacial score (nSPS) is 23.6. The molecule has 1 rings (SSSR count). The minimum Gasteiger partial charge on any atom is -0.316 e. The Hall–Kier alpha value is 0.160. The molecule has 3 N–H and O–H groups in total. The molecule has 0 radical (unpaired) electrons. The van der Waals surface area contributed by atoms with Crippen LogP contribution in [0.25, 0.3) is 0 Å². The van der Waals surface area contributed by atoms with E-state index in [1.807, 2.05) is 0 Å². The summed E-state index contributed by atoms with van der Waals surface area (Å²) >= 11 is 0. The molecule has 0 aromatic rings. The van der Waals surface area contributed by atoms with Gasteiger partial charge in [-0.25, -0.2) is 13.6 Å². The lowest BCUT2D eigenvalue weighted by atomic mass is 9.97. The maximum atomic E-state index is 10.6. The van der Waals surface area contributed by atoms with Crippen LogP contribution in [-0.4, -0.2) is 27.3 Å². The molecule has 1 atom stereocenters. The number of nitrogens with two attached hydrogens (primary N) is 1. The van der Waals surface area contributed by atoms with Crippen molar-refractivity contribution in [1.82, 2.24) is 5.32 Å². The fourth-order valence-corrected chi connectivity index (χ4v) is 2.16. The molecular formula is C7H17ClN2O2S. The van der Waals surface area contributed by atoms with E-state index in [1.54, 1.807) is 0 Å². The molecule has 1 heterocycles. The van der Waals surface area contributed by atoms with Gasteiger partial charge in [0.15, 0.2) is 0 Å². The van der Waals surface area contributed by atoms with Crippen molar-refractivity contribution in [2.75, 3.05) is 18.8 Å². The lowest BCUT2D eigenvalue weighted by Crippen LogP contribution is -2.31. The molecule has 80 valence electrons. The van der Waals surface area contributed by atoms with Crippen LogP contribution in [0.4, 0.5) is 0 Å². The van der Waals surface area contributed by atoms with Crippen molar-refractivity contribution in [3.63, 3.8) is 0 Å². The zero-order chi connectivity index (χ0) is 9.03. The molecule has 0 bridgehead atoms. The van der Waals surface area contributed by atoms with Crippen molar-refractivity contribution >= 4 is 22.4 Å². The molecule has 1 unspecified atom stereocenters. The van der Waals surface area contributed by atoms with E-state index in [0.717, 1.165) is 25.9 Å². The largest absolute Gasteiger partial charge is 0.316 e. The highest BCUT2D eigenvalue weighted by molar-refractivity contribution is 7.89. The standard InChI is InChI=1S/C7H16N2O2S.ClH/c8-12(10,11)5-3-7-2-1-4-9-6-7;/h7,9H,1-6H2,(H2,8,10,11);1H. The molecule has 0 spiro atoms. The first-order valence-corrected chi connectivity index (χ1v) is 6.00. The first-order valence-electron chi connectivity index (χ1n) is 4.29. The fourth-order valence-electron chi connectivity index (χ4n) is 1.50. The number of halogens is 1. The Morgan fingerprint density at radius 2 is 2.15 bits per heavy atom. The van der Waals surface area contributed by atoms with E-state index in [-0.39, 0.29) is 18.2 Å². The number of hydrogen-bond donors (Lipinski definition) is 2. The Morgan fingerprint density at radius 1 is 1.46 bits per heavy atom. The highest BCUT2D eigenvalue weighted by atomic mass is 35.5. The molecule has 0 aliphatic carbocycles. The minimum absolute atomic E-state index is 0. The summed E-state index contributed by atoms with van der Waals surface area (Å²) in [4.78, 5) is 0. The van der Waals surface area contributed by atoms with Gasteiger partial charge in [-0.3, -0.25) is 0 Å². The van der Waals surface area contributed by atoms with Crippen LogP contribution < -0.4 is 10.5 Å². The van der Waals surface area contributed by atoms with Gasteiger partial charge in [0.05, 0.1) is 5.75 Å². The Kier molecular flexibility index (Phi) is 5.87. The average Bonchev–Trinajstić information content (AvgIpc) is 2.02. The summed E-state index contributed by atoms with van der Waals surface area (Å²) in [5.41, 5.74) is 0. The highest BCUT2D eigenvalue weighted by Crippen LogP contribution is 2.13. The van der Waals surface area contributed by atoms with E-state index >= 15 is 0 Å². The molecule has 0 amide bonds. The fraction of sp³-hybridized carbons (Fsp3) is 1.00. The van der Waals surface area contributed by atoms with Gasteiger partial charge in [0, 0.05) is 0 Å². The molecule has 0 aromatic heterocycles. The molecular weight excluding hydrogens is 212 g/mol. The van der Waals surface area contributed by atoms with Crippen LogP contribution in [0.3, 0.4) is 0 Å². The Morgan fingerprint density at radius 3 is 2.62 bits per heavy atom. The van der Waals surface area contributed by atoms with Gasteiger partial charge < -0.3 is 5.32 Å². The number of nitrogens with one attached hydrogen (secondary N) is 1. The quantitative estimate of drug-likeness (QED) is 0.719. The topological polar surface area (TPSA) is 72.2 Å². The van der Waals surface area contributed by atoms with Crippen LogP contribution in [0, 0.1) is 5.92 Å². The summed E-state index contributed by atoms with van der Waals surface area (Å²) in [7, 11) is -3.25. The third-order valence-electron chi connectivity index (χ3n) is 2.21. The van der Waals surface area contributed by atoms with Gasteiger partial charge in [0.25, 0.3) is 0 Å². The number of hydrogen-bond acceptors (Lipinski definition) is 3. The van der Waals surface area contributed by atoms with E-state index in [4.69, 9.17) is 5.14 Å². The molecule has 0 saturated carbocycles. The molecule has 0 aromatic carbocycles. The number of piperidine rings is 1. The summed E-state index contributed by atoms with van der Waals surface area (Å²) < 4.78 is 21.3. The predicted octanol–water partition coefficient (Wildman–Crippen LogP) is 0.0864. The maximum absolute atomic E-state index is 10.6. The molecule has 1 aliphatic heterocycles. The van der Waals surface area contributed by atoms with Crippen molar-refractivity contribution in [3.05, 3.63) is 0 Å². The zero-order valence-corrected chi connectivity index (χ0v) is 9.16. The monoisotopic (exact) mass is 228 g/mol. The van der Waals surface area contributed by atoms with Crippen LogP contribution in [0.5, 0.6) is 0 Å². The van der Waals surface area contributed by atoms with Gasteiger partial charge in [0.2, 0.25) is 10.0 Å². The molecule has 1 aliphatic rings. The van der Waals surface area contributed by atoms with Crippen LogP contribution in [-0.2, 0) is 10.0 Å². The Balaban J connectivity index is 0.00000144. The van der Waals surface area contributed by atoms with Crippen molar-refractivity contribution in [1.29, 1.82) is 0 Å². The minimum atomic E-state index is -3.25. The number of sulfonamides is 1.